The lowest BCUT2D eigenvalue weighted by atomic mass is 10.2. The first kappa shape index (κ1) is 15.4. The fourth-order valence-electron chi connectivity index (χ4n) is 2.32. The van der Waals surface area contributed by atoms with Crippen LogP contribution in [0.4, 0.5) is 0 Å². The summed E-state index contributed by atoms with van der Waals surface area (Å²) in [6.45, 7) is 4.80. The van der Waals surface area contributed by atoms with Gasteiger partial charge >= 0.3 is 0 Å². The molecule has 0 bridgehead atoms. The summed E-state index contributed by atoms with van der Waals surface area (Å²) in [4.78, 5) is 0. The van der Waals surface area contributed by atoms with E-state index < -0.39 is 0 Å². The SMILES string of the molecule is CCn1c(SCc2ccc(C#N)cc2)nnc1-c1ccoc1C. The Balaban J connectivity index is 1.79. The molecule has 2 heterocycles. The fraction of sp³-hybridized carbons (Fsp3) is 0.235. The average Bonchev–Trinajstić information content (AvgIpc) is 3.18. The molecule has 3 aromatic rings. The Hall–Kier alpha value is -2.52. The van der Waals surface area contributed by atoms with Crippen LogP contribution in [0.15, 0.2) is 46.2 Å². The monoisotopic (exact) mass is 324 g/mol. The molecule has 0 aliphatic carbocycles. The Bertz CT molecular complexity index is 842. The predicted octanol–water partition coefficient (Wildman–Crippen LogP) is 4.03. The lowest BCUT2D eigenvalue weighted by Crippen LogP contribution is -2.00. The van der Waals surface area contributed by atoms with Crippen molar-refractivity contribution in [1.29, 1.82) is 5.26 Å². The van der Waals surface area contributed by atoms with Crippen molar-refractivity contribution in [2.24, 2.45) is 0 Å². The van der Waals surface area contributed by atoms with Crippen LogP contribution in [0.5, 0.6) is 0 Å². The summed E-state index contributed by atoms with van der Waals surface area (Å²) in [6.07, 6.45) is 1.67. The van der Waals surface area contributed by atoms with Crippen molar-refractivity contribution < 1.29 is 4.42 Å². The van der Waals surface area contributed by atoms with Crippen LogP contribution in [-0.2, 0) is 12.3 Å². The molecular weight excluding hydrogens is 308 g/mol. The van der Waals surface area contributed by atoms with Gasteiger partial charge in [-0.15, -0.1) is 10.2 Å². The normalized spacial score (nSPS) is 10.7. The van der Waals surface area contributed by atoms with Gasteiger partial charge in [0.15, 0.2) is 11.0 Å². The third-order valence-electron chi connectivity index (χ3n) is 3.58. The second-order valence-corrected chi connectivity index (χ2v) is 5.98. The highest BCUT2D eigenvalue weighted by molar-refractivity contribution is 7.98. The van der Waals surface area contributed by atoms with E-state index in [0.29, 0.717) is 5.56 Å². The molecular formula is C17H16N4OS. The summed E-state index contributed by atoms with van der Waals surface area (Å²) < 4.78 is 7.45. The third-order valence-corrected chi connectivity index (χ3v) is 4.62. The van der Waals surface area contributed by atoms with E-state index in [2.05, 4.69) is 27.8 Å². The summed E-state index contributed by atoms with van der Waals surface area (Å²) in [5, 5.41) is 18.4. The molecule has 23 heavy (non-hydrogen) atoms. The number of nitrogens with zero attached hydrogens (tertiary/aromatic N) is 4. The molecule has 0 unspecified atom stereocenters. The number of thioether (sulfide) groups is 1. The predicted molar refractivity (Wildman–Crippen MR) is 88.9 cm³/mol. The van der Waals surface area contributed by atoms with Crippen LogP contribution >= 0.6 is 11.8 Å². The van der Waals surface area contributed by atoms with Crippen molar-refractivity contribution in [3.63, 3.8) is 0 Å². The van der Waals surface area contributed by atoms with Gasteiger partial charge in [-0.25, -0.2) is 0 Å². The van der Waals surface area contributed by atoms with Crippen LogP contribution in [0.1, 0.15) is 23.8 Å². The zero-order chi connectivity index (χ0) is 16.2. The Morgan fingerprint density at radius 3 is 2.61 bits per heavy atom. The van der Waals surface area contributed by atoms with Gasteiger partial charge in [0.1, 0.15) is 5.76 Å². The number of aryl methyl sites for hydroxylation is 1. The second-order valence-electron chi connectivity index (χ2n) is 5.04. The first-order valence-electron chi connectivity index (χ1n) is 7.32. The minimum absolute atomic E-state index is 0.674. The van der Waals surface area contributed by atoms with Gasteiger partial charge in [-0.2, -0.15) is 5.26 Å². The van der Waals surface area contributed by atoms with Crippen molar-refractivity contribution in [1.82, 2.24) is 14.8 Å². The van der Waals surface area contributed by atoms with Gasteiger partial charge in [0.25, 0.3) is 0 Å². The number of aromatic nitrogens is 3. The molecule has 0 radical (unpaired) electrons. The van der Waals surface area contributed by atoms with E-state index in [9.17, 15) is 0 Å². The van der Waals surface area contributed by atoms with E-state index in [4.69, 9.17) is 9.68 Å². The van der Waals surface area contributed by atoms with Crippen LogP contribution in [0.25, 0.3) is 11.4 Å². The molecule has 5 nitrogen and oxygen atoms in total. The number of nitriles is 1. The molecule has 0 spiro atoms. The van der Waals surface area contributed by atoms with Crippen LogP contribution in [0.2, 0.25) is 0 Å². The van der Waals surface area contributed by atoms with Gasteiger partial charge in [0.2, 0.25) is 0 Å². The minimum atomic E-state index is 0.674. The molecule has 0 saturated carbocycles. The molecule has 0 amide bonds. The van der Waals surface area contributed by atoms with E-state index >= 15 is 0 Å². The first-order chi connectivity index (χ1) is 11.2. The van der Waals surface area contributed by atoms with E-state index in [1.165, 1.54) is 0 Å². The lowest BCUT2D eigenvalue weighted by molar-refractivity contribution is 0.534. The number of benzene rings is 1. The molecule has 0 aliphatic rings. The van der Waals surface area contributed by atoms with Crippen LogP contribution < -0.4 is 0 Å². The van der Waals surface area contributed by atoms with Crippen LogP contribution in [0, 0.1) is 18.3 Å². The average molecular weight is 324 g/mol. The molecule has 3 rings (SSSR count). The quantitative estimate of drug-likeness (QED) is 0.663. The number of hydrogen-bond acceptors (Lipinski definition) is 5. The molecule has 0 N–H and O–H groups in total. The molecule has 0 saturated heterocycles. The number of furan rings is 1. The summed E-state index contributed by atoms with van der Waals surface area (Å²) in [5.41, 5.74) is 2.80. The highest BCUT2D eigenvalue weighted by Crippen LogP contribution is 2.28. The standard InChI is InChI=1S/C17H16N4OS/c1-3-21-16(15-8-9-22-12(15)2)19-20-17(21)23-11-14-6-4-13(10-18)5-7-14/h4-9H,3,11H2,1-2H3. The summed E-state index contributed by atoms with van der Waals surface area (Å²) in [5.74, 6) is 2.46. The Kier molecular flexibility index (Phi) is 4.49. The van der Waals surface area contributed by atoms with Crippen LogP contribution in [0.3, 0.4) is 0 Å². The maximum Gasteiger partial charge on any atom is 0.191 e. The smallest absolute Gasteiger partial charge is 0.191 e. The number of rotatable bonds is 5. The topological polar surface area (TPSA) is 67.6 Å². The van der Waals surface area contributed by atoms with E-state index in [1.807, 2.05) is 37.3 Å². The maximum atomic E-state index is 8.84. The van der Waals surface area contributed by atoms with Gasteiger partial charge in [-0.3, -0.25) is 0 Å². The molecule has 0 fully saturated rings. The first-order valence-corrected chi connectivity index (χ1v) is 8.31. The highest BCUT2D eigenvalue weighted by Gasteiger charge is 2.16. The summed E-state index contributed by atoms with van der Waals surface area (Å²) in [7, 11) is 0. The molecule has 2 aromatic heterocycles. The number of hydrogen-bond donors (Lipinski definition) is 0. The van der Waals surface area contributed by atoms with Gasteiger partial charge in [-0.1, -0.05) is 23.9 Å². The zero-order valence-corrected chi connectivity index (χ0v) is 13.8. The Morgan fingerprint density at radius 2 is 2.00 bits per heavy atom. The minimum Gasteiger partial charge on any atom is -0.469 e. The summed E-state index contributed by atoms with van der Waals surface area (Å²) >= 11 is 1.64. The van der Waals surface area contributed by atoms with E-state index in [0.717, 1.165) is 40.2 Å². The molecule has 6 heteroatoms. The highest BCUT2D eigenvalue weighted by atomic mass is 32.2. The van der Waals surface area contributed by atoms with Gasteiger partial charge in [0, 0.05) is 12.3 Å². The van der Waals surface area contributed by atoms with Gasteiger partial charge in [-0.05, 0) is 37.6 Å². The molecule has 1 aromatic carbocycles. The third kappa shape index (κ3) is 3.15. The maximum absolute atomic E-state index is 8.84. The van der Waals surface area contributed by atoms with Crippen LogP contribution in [-0.4, -0.2) is 14.8 Å². The zero-order valence-electron chi connectivity index (χ0n) is 13.0. The molecule has 0 aliphatic heterocycles. The van der Waals surface area contributed by atoms with Crippen molar-refractivity contribution in [3.05, 3.63) is 53.5 Å². The van der Waals surface area contributed by atoms with Crippen molar-refractivity contribution in [2.75, 3.05) is 0 Å². The molecule has 116 valence electrons. The van der Waals surface area contributed by atoms with Gasteiger partial charge in [0.05, 0.1) is 23.5 Å². The fourth-order valence-corrected chi connectivity index (χ4v) is 3.28. The molecule has 0 atom stereocenters. The largest absolute Gasteiger partial charge is 0.469 e. The second kappa shape index (κ2) is 6.71. The van der Waals surface area contributed by atoms with Crippen molar-refractivity contribution in [2.45, 2.75) is 31.3 Å². The van der Waals surface area contributed by atoms with E-state index in [1.54, 1.807) is 18.0 Å². The Labute approximate surface area is 139 Å². The lowest BCUT2D eigenvalue weighted by Gasteiger charge is -2.06. The van der Waals surface area contributed by atoms with Crippen molar-refractivity contribution in [3.8, 4) is 17.5 Å². The summed E-state index contributed by atoms with van der Waals surface area (Å²) in [6, 6.07) is 11.7. The van der Waals surface area contributed by atoms with E-state index in [-0.39, 0.29) is 0 Å². The van der Waals surface area contributed by atoms with Gasteiger partial charge < -0.3 is 8.98 Å². The Morgan fingerprint density at radius 1 is 1.22 bits per heavy atom. The van der Waals surface area contributed by atoms with Crippen molar-refractivity contribution >= 4 is 11.8 Å².